The molecule has 0 saturated carbocycles. The molecule has 2 aliphatic heterocycles. The number of rotatable bonds is 4. The van der Waals surface area contributed by atoms with Gasteiger partial charge in [0.2, 0.25) is 5.91 Å². The molecule has 1 amide bonds. The second kappa shape index (κ2) is 7.17. The summed E-state index contributed by atoms with van der Waals surface area (Å²) in [5.74, 6) is -0.200. The number of fused-ring (bicyclic) bond motifs is 1. The number of nitrogens with zero attached hydrogens (tertiary/aromatic N) is 3. The molecule has 0 aliphatic carbocycles. The highest BCUT2D eigenvalue weighted by molar-refractivity contribution is 5.83. The van der Waals surface area contributed by atoms with E-state index in [1.807, 2.05) is 25.1 Å². The lowest BCUT2D eigenvalue weighted by molar-refractivity contribution is -0.122. The van der Waals surface area contributed by atoms with Gasteiger partial charge in [-0.15, -0.1) is 0 Å². The fraction of sp³-hybridized carbons (Fsp3) is 0.526. The lowest BCUT2D eigenvalue weighted by Gasteiger charge is -2.27. The van der Waals surface area contributed by atoms with Crippen LogP contribution in [0.15, 0.2) is 29.1 Å². The van der Waals surface area contributed by atoms with Crippen LogP contribution in [0.3, 0.4) is 0 Å². The molecule has 1 aromatic carbocycles. The summed E-state index contributed by atoms with van der Waals surface area (Å²) in [6.07, 6.45) is 2.40. The normalized spacial score (nSPS) is 23.6. The van der Waals surface area contributed by atoms with E-state index in [2.05, 4.69) is 15.3 Å². The molecule has 2 aromatic rings. The summed E-state index contributed by atoms with van der Waals surface area (Å²) in [5.41, 5.74) is 0.507. The standard InChI is InChI=1S/C19H24N4O3/c1-13-14-6-2-3-7-15(14)19(25)23(21-13)10-18(24)20-16-11-26-12-17(16)22-8-4-5-9-22/h2-3,6-7,16-17H,4-5,8-12H2,1H3,(H,20,24)/t16-,17-/m0/s1. The summed E-state index contributed by atoms with van der Waals surface area (Å²) in [6, 6.07) is 7.55. The van der Waals surface area contributed by atoms with Crippen molar-refractivity contribution in [1.29, 1.82) is 0 Å². The molecule has 0 radical (unpaired) electrons. The molecule has 0 bridgehead atoms. The molecule has 2 saturated heterocycles. The zero-order chi connectivity index (χ0) is 18.1. The molecule has 4 rings (SSSR count). The van der Waals surface area contributed by atoms with Crippen LogP contribution in [0, 0.1) is 6.92 Å². The van der Waals surface area contributed by atoms with Gasteiger partial charge < -0.3 is 10.1 Å². The number of aryl methyl sites for hydroxylation is 1. The number of aromatic nitrogens is 2. The van der Waals surface area contributed by atoms with E-state index < -0.39 is 0 Å². The van der Waals surface area contributed by atoms with Crippen LogP contribution < -0.4 is 10.9 Å². The number of hydrogen-bond acceptors (Lipinski definition) is 5. The topological polar surface area (TPSA) is 76.5 Å². The average molecular weight is 356 g/mol. The Morgan fingerprint density at radius 1 is 1.23 bits per heavy atom. The third kappa shape index (κ3) is 3.24. The molecule has 26 heavy (non-hydrogen) atoms. The Kier molecular flexibility index (Phi) is 4.74. The van der Waals surface area contributed by atoms with Gasteiger partial charge in [0.05, 0.1) is 36.4 Å². The summed E-state index contributed by atoms with van der Waals surface area (Å²) in [7, 11) is 0. The predicted molar refractivity (Wildman–Crippen MR) is 98.1 cm³/mol. The SMILES string of the molecule is Cc1nn(CC(=O)N[C@H]2COC[C@@H]2N2CCCC2)c(=O)c2ccccc12. The molecular formula is C19H24N4O3. The van der Waals surface area contributed by atoms with E-state index in [0.29, 0.717) is 18.6 Å². The number of carbonyl (C=O) groups is 1. The van der Waals surface area contributed by atoms with Gasteiger partial charge in [-0.1, -0.05) is 18.2 Å². The van der Waals surface area contributed by atoms with Gasteiger partial charge >= 0.3 is 0 Å². The summed E-state index contributed by atoms with van der Waals surface area (Å²) >= 11 is 0. The van der Waals surface area contributed by atoms with Crippen LogP contribution in [-0.2, 0) is 16.1 Å². The molecule has 0 unspecified atom stereocenters. The Balaban J connectivity index is 1.49. The lowest BCUT2D eigenvalue weighted by atomic mass is 10.1. The Hall–Kier alpha value is -2.25. The first kappa shape index (κ1) is 17.2. The molecule has 7 heteroatoms. The Morgan fingerprint density at radius 2 is 1.96 bits per heavy atom. The van der Waals surface area contributed by atoms with Crippen LogP contribution in [0.1, 0.15) is 18.5 Å². The Bertz CT molecular complexity index is 873. The summed E-state index contributed by atoms with van der Waals surface area (Å²) in [5, 5.41) is 8.77. The average Bonchev–Trinajstić information content (AvgIpc) is 3.31. The maximum Gasteiger partial charge on any atom is 0.275 e. The first-order chi connectivity index (χ1) is 12.6. The zero-order valence-electron chi connectivity index (χ0n) is 15.0. The van der Waals surface area contributed by atoms with Crippen LogP contribution in [0.4, 0.5) is 0 Å². The number of likely N-dealkylation sites (tertiary alicyclic amines) is 1. The maximum atomic E-state index is 12.6. The van der Waals surface area contributed by atoms with E-state index in [1.54, 1.807) is 6.07 Å². The minimum atomic E-state index is -0.236. The van der Waals surface area contributed by atoms with E-state index in [9.17, 15) is 9.59 Å². The minimum Gasteiger partial charge on any atom is -0.378 e. The molecule has 2 fully saturated rings. The number of nitrogens with one attached hydrogen (secondary N) is 1. The van der Waals surface area contributed by atoms with Gasteiger partial charge in [0.25, 0.3) is 5.56 Å². The molecule has 0 spiro atoms. The van der Waals surface area contributed by atoms with Crippen molar-refractivity contribution in [3.8, 4) is 0 Å². The van der Waals surface area contributed by atoms with Crippen LogP contribution in [0.5, 0.6) is 0 Å². The van der Waals surface area contributed by atoms with Crippen LogP contribution in [-0.4, -0.2) is 59.0 Å². The number of carbonyl (C=O) groups excluding carboxylic acids is 1. The van der Waals surface area contributed by atoms with Gasteiger partial charge in [-0.2, -0.15) is 5.10 Å². The van der Waals surface area contributed by atoms with Gasteiger partial charge in [0.1, 0.15) is 6.54 Å². The van der Waals surface area contributed by atoms with Crippen molar-refractivity contribution < 1.29 is 9.53 Å². The lowest BCUT2D eigenvalue weighted by Crippen LogP contribution is -2.51. The fourth-order valence-electron chi connectivity index (χ4n) is 4.01. The number of benzene rings is 1. The highest BCUT2D eigenvalue weighted by Crippen LogP contribution is 2.19. The highest BCUT2D eigenvalue weighted by Gasteiger charge is 2.35. The number of hydrogen-bond donors (Lipinski definition) is 1. The van der Waals surface area contributed by atoms with E-state index in [0.717, 1.165) is 24.2 Å². The first-order valence-corrected chi connectivity index (χ1v) is 9.21. The largest absolute Gasteiger partial charge is 0.378 e. The van der Waals surface area contributed by atoms with Gasteiger partial charge in [-0.3, -0.25) is 14.5 Å². The van der Waals surface area contributed by atoms with Gasteiger partial charge in [-0.25, -0.2) is 4.68 Å². The molecule has 7 nitrogen and oxygen atoms in total. The van der Waals surface area contributed by atoms with Gasteiger partial charge in [0, 0.05) is 5.39 Å². The smallest absolute Gasteiger partial charge is 0.275 e. The van der Waals surface area contributed by atoms with Gasteiger partial charge in [0.15, 0.2) is 0 Å². The number of amides is 1. The highest BCUT2D eigenvalue weighted by atomic mass is 16.5. The summed E-state index contributed by atoms with van der Waals surface area (Å²) < 4.78 is 6.85. The minimum absolute atomic E-state index is 0.0298. The molecule has 2 atom stereocenters. The second-order valence-corrected chi connectivity index (χ2v) is 7.12. The molecule has 138 valence electrons. The van der Waals surface area contributed by atoms with Crippen molar-refractivity contribution in [3.05, 3.63) is 40.3 Å². The van der Waals surface area contributed by atoms with Crippen molar-refractivity contribution in [2.45, 2.75) is 38.4 Å². The fourth-order valence-corrected chi connectivity index (χ4v) is 4.01. The maximum absolute atomic E-state index is 12.6. The molecule has 1 N–H and O–H groups in total. The quantitative estimate of drug-likeness (QED) is 0.872. The van der Waals surface area contributed by atoms with Gasteiger partial charge in [-0.05, 0) is 38.9 Å². The third-order valence-corrected chi connectivity index (χ3v) is 5.35. The van der Waals surface area contributed by atoms with Crippen LogP contribution >= 0.6 is 0 Å². The van der Waals surface area contributed by atoms with E-state index in [1.165, 1.54) is 17.5 Å². The molecule has 3 heterocycles. The van der Waals surface area contributed by atoms with E-state index >= 15 is 0 Å². The van der Waals surface area contributed by atoms with Crippen LogP contribution in [0.25, 0.3) is 10.8 Å². The van der Waals surface area contributed by atoms with Crippen molar-refractivity contribution in [2.75, 3.05) is 26.3 Å². The summed E-state index contributed by atoms with van der Waals surface area (Å²) in [4.78, 5) is 27.5. The third-order valence-electron chi connectivity index (χ3n) is 5.35. The number of ether oxygens (including phenoxy) is 1. The van der Waals surface area contributed by atoms with Crippen molar-refractivity contribution in [3.63, 3.8) is 0 Å². The summed E-state index contributed by atoms with van der Waals surface area (Å²) in [6.45, 7) is 5.07. The monoisotopic (exact) mass is 356 g/mol. The molecule has 2 aliphatic rings. The van der Waals surface area contributed by atoms with Crippen molar-refractivity contribution >= 4 is 16.7 Å². The Labute approximate surface area is 151 Å². The predicted octanol–water partition coefficient (Wildman–Crippen LogP) is 0.684. The molecule has 1 aromatic heterocycles. The second-order valence-electron chi connectivity index (χ2n) is 7.12. The van der Waals surface area contributed by atoms with Crippen LogP contribution in [0.2, 0.25) is 0 Å². The van der Waals surface area contributed by atoms with E-state index in [-0.39, 0.29) is 30.1 Å². The zero-order valence-corrected chi connectivity index (χ0v) is 15.0. The van der Waals surface area contributed by atoms with Crippen molar-refractivity contribution in [2.24, 2.45) is 0 Å². The van der Waals surface area contributed by atoms with E-state index in [4.69, 9.17) is 4.74 Å². The Morgan fingerprint density at radius 3 is 2.73 bits per heavy atom. The molecular weight excluding hydrogens is 332 g/mol. The van der Waals surface area contributed by atoms with Crippen molar-refractivity contribution in [1.82, 2.24) is 20.0 Å². The first-order valence-electron chi connectivity index (χ1n) is 9.21.